The maximum absolute atomic E-state index is 12.6. The number of amides is 1. The van der Waals surface area contributed by atoms with Crippen molar-refractivity contribution in [1.29, 1.82) is 0 Å². The number of carbonyl (C=O) groups excluding carboxylic acids is 2. The van der Waals surface area contributed by atoms with Crippen molar-refractivity contribution in [2.75, 3.05) is 25.6 Å². The van der Waals surface area contributed by atoms with E-state index >= 15 is 0 Å². The van der Waals surface area contributed by atoms with Crippen LogP contribution in [-0.4, -0.2) is 54.4 Å². The number of hydrogen-bond acceptors (Lipinski definition) is 6. The normalized spacial score (nSPS) is 10.6. The molecule has 0 aliphatic carbocycles. The summed E-state index contributed by atoms with van der Waals surface area (Å²) in [5.74, 6) is -2.62. The molecule has 1 aromatic heterocycles. The van der Waals surface area contributed by atoms with Crippen LogP contribution in [0, 0.1) is 0 Å². The number of carboxylic acid groups (broad SMARTS) is 1. The second kappa shape index (κ2) is 13.9. The zero-order chi connectivity index (χ0) is 26.6. The van der Waals surface area contributed by atoms with Gasteiger partial charge in [-0.3, -0.25) is 4.79 Å². The Kier molecular flexibility index (Phi) is 11.6. The van der Waals surface area contributed by atoms with E-state index in [9.17, 15) is 22.8 Å². The molecular formula is C23H30F3N3O6. The summed E-state index contributed by atoms with van der Waals surface area (Å²) >= 11 is 0. The lowest BCUT2D eigenvalue weighted by Gasteiger charge is -2.09. The summed E-state index contributed by atoms with van der Waals surface area (Å²) in [6.45, 7) is 6.88. The number of hydrogen-bond donors (Lipinski definition) is 4. The van der Waals surface area contributed by atoms with Crippen LogP contribution in [0.15, 0.2) is 24.3 Å². The van der Waals surface area contributed by atoms with Crippen molar-refractivity contribution in [2.45, 2.75) is 46.3 Å². The van der Waals surface area contributed by atoms with Crippen molar-refractivity contribution < 1.29 is 42.1 Å². The SMILES string of the molecule is CCCNC(=O)c1[nH]c(CNc2ccc(OC)cc2)c(C(=O)OCC)c1CC.O=C(O)C(F)(F)F. The fourth-order valence-corrected chi connectivity index (χ4v) is 2.95. The molecule has 1 heterocycles. The predicted molar refractivity (Wildman–Crippen MR) is 123 cm³/mol. The Labute approximate surface area is 201 Å². The van der Waals surface area contributed by atoms with Gasteiger partial charge in [0.15, 0.2) is 0 Å². The van der Waals surface area contributed by atoms with Crippen LogP contribution in [0.2, 0.25) is 0 Å². The molecule has 9 nitrogen and oxygen atoms in total. The first-order valence-electron chi connectivity index (χ1n) is 10.9. The van der Waals surface area contributed by atoms with Gasteiger partial charge < -0.3 is 30.2 Å². The summed E-state index contributed by atoms with van der Waals surface area (Å²) < 4.78 is 42.1. The number of anilines is 1. The zero-order valence-electron chi connectivity index (χ0n) is 20.0. The number of aromatic amines is 1. The standard InChI is InChI=1S/C21H29N3O4.C2HF3O2/c1-5-12-22-20(25)19-16(6-2)18(21(26)28-7-3)17(24-19)13-23-14-8-10-15(27-4)11-9-14;3-2(4,5)1(6)7/h8-11,23-24H,5-7,12-13H2,1-4H3,(H,22,25);(H,6,7). The Morgan fingerprint density at radius 2 is 1.69 bits per heavy atom. The van der Waals surface area contributed by atoms with Crippen molar-refractivity contribution in [3.63, 3.8) is 0 Å². The summed E-state index contributed by atoms with van der Waals surface area (Å²) in [7, 11) is 1.62. The molecule has 2 aromatic rings. The summed E-state index contributed by atoms with van der Waals surface area (Å²) in [4.78, 5) is 37.2. The molecule has 1 amide bonds. The van der Waals surface area contributed by atoms with Gasteiger partial charge in [-0.1, -0.05) is 13.8 Å². The lowest BCUT2D eigenvalue weighted by molar-refractivity contribution is -0.192. The van der Waals surface area contributed by atoms with Crippen LogP contribution in [0.5, 0.6) is 5.75 Å². The van der Waals surface area contributed by atoms with Gasteiger partial charge in [-0.2, -0.15) is 13.2 Å². The van der Waals surface area contributed by atoms with Gasteiger partial charge in [-0.25, -0.2) is 9.59 Å². The van der Waals surface area contributed by atoms with E-state index in [0.717, 1.165) is 17.9 Å². The fraction of sp³-hybridized carbons (Fsp3) is 0.435. The molecule has 0 aliphatic heterocycles. The molecule has 35 heavy (non-hydrogen) atoms. The number of esters is 1. The number of carboxylic acids is 1. The number of ether oxygens (including phenoxy) is 2. The Hall–Kier alpha value is -3.70. The lowest BCUT2D eigenvalue weighted by Crippen LogP contribution is -2.25. The Morgan fingerprint density at radius 3 is 2.14 bits per heavy atom. The summed E-state index contributed by atoms with van der Waals surface area (Å²) in [6.07, 6.45) is -3.70. The zero-order valence-corrected chi connectivity index (χ0v) is 20.0. The van der Waals surface area contributed by atoms with E-state index in [0.29, 0.717) is 42.0 Å². The highest BCUT2D eigenvalue weighted by Gasteiger charge is 2.38. The quantitative estimate of drug-likeness (QED) is 0.360. The Morgan fingerprint density at radius 1 is 1.09 bits per heavy atom. The van der Waals surface area contributed by atoms with Crippen LogP contribution in [0.4, 0.5) is 18.9 Å². The van der Waals surface area contributed by atoms with Gasteiger partial charge in [0.05, 0.1) is 25.8 Å². The van der Waals surface area contributed by atoms with Gasteiger partial charge in [0.1, 0.15) is 11.4 Å². The van der Waals surface area contributed by atoms with E-state index in [1.807, 2.05) is 38.1 Å². The van der Waals surface area contributed by atoms with Gasteiger partial charge in [0.25, 0.3) is 5.91 Å². The highest BCUT2D eigenvalue weighted by Crippen LogP contribution is 2.23. The average Bonchev–Trinajstić information content (AvgIpc) is 3.20. The Balaban J connectivity index is 0.000000762. The number of alkyl halides is 3. The van der Waals surface area contributed by atoms with Gasteiger partial charge in [0.2, 0.25) is 0 Å². The van der Waals surface area contributed by atoms with E-state index in [4.69, 9.17) is 19.4 Å². The average molecular weight is 502 g/mol. The maximum Gasteiger partial charge on any atom is 0.490 e. The van der Waals surface area contributed by atoms with Crippen LogP contribution >= 0.6 is 0 Å². The number of aromatic nitrogens is 1. The van der Waals surface area contributed by atoms with Crippen molar-refractivity contribution in [1.82, 2.24) is 10.3 Å². The number of aliphatic carboxylic acids is 1. The summed E-state index contributed by atoms with van der Waals surface area (Å²) in [5, 5.41) is 13.3. The first-order valence-corrected chi connectivity index (χ1v) is 10.9. The highest BCUT2D eigenvalue weighted by atomic mass is 19.4. The van der Waals surface area contributed by atoms with E-state index in [-0.39, 0.29) is 12.5 Å². The molecule has 1 aromatic carbocycles. The van der Waals surface area contributed by atoms with E-state index < -0.39 is 18.1 Å². The van der Waals surface area contributed by atoms with Crippen molar-refractivity contribution in [3.8, 4) is 5.75 Å². The van der Waals surface area contributed by atoms with Crippen molar-refractivity contribution >= 4 is 23.5 Å². The summed E-state index contributed by atoms with van der Waals surface area (Å²) in [6, 6.07) is 7.48. The van der Waals surface area contributed by atoms with Crippen molar-refractivity contribution in [2.24, 2.45) is 0 Å². The van der Waals surface area contributed by atoms with Gasteiger partial charge >= 0.3 is 18.1 Å². The molecule has 12 heteroatoms. The molecule has 0 spiro atoms. The van der Waals surface area contributed by atoms with E-state index in [1.165, 1.54) is 0 Å². The molecule has 0 saturated carbocycles. The minimum Gasteiger partial charge on any atom is -0.497 e. The monoisotopic (exact) mass is 501 g/mol. The van der Waals surface area contributed by atoms with Crippen LogP contribution in [-0.2, 0) is 22.5 Å². The fourth-order valence-electron chi connectivity index (χ4n) is 2.95. The first-order chi connectivity index (χ1) is 16.5. The molecule has 0 unspecified atom stereocenters. The molecule has 0 atom stereocenters. The first kappa shape index (κ1) is 29.3. The summed E-state index contributed by atoms with van der Waals surface area (Å²) in [5.41, 5.74) is 3.05. The molecule has 194 valence electrons. The minimum absolute atomic E-state index is 0.208. The molecule has 0 radical (unpaired) electrons. The van der Waals surface area contributed by atoms with Crippen LogP contribution in [0.1, 0.15) is 59.3 Å². The number of benzene rings is 1. The maximum atomic E-state index is 12.6. The van der Waals surface area contributed by atoms with Gasteiger partial charge in [0, 0.05) is 17.9 Å². The predicted octanol–water partition coefficient (Wildman–Crippen LogP) is 4.15. The third-order valence-corrected chi connectivity index (χ3v) is 4.58. The molecule has 0 fully saturated rings. The third kappa shape index (κ3) is 8.87. The lowest BCUT2D eigenvalue weighted by atomic mass is 10.1. The van der Waals surface area contributed by atoms with Crippen LogP contribution < -0.4 is 15.4 Å². The van der Waals surface area contributed by atoms with Crippen LogP contribution in [0.25, 0.3) is 0 Å². The number of carbonyl (C=O) groups is 3. The molecule has 0 saturated heterocycles. The smallest absolute Gasteiger partial charge is 0.490 e. The second-order valence-corrected chi connectivity index (χ2v) is 7.05. The van der Waals surface area contributed by atoms with Gasteiger partial charge in [-0.15, -0.1) is 0 Å². The van der Waals surface area contributed by atoms with E-state index in [2.05, 4.69) is 15.6 Å². The molecule has 2 rings (SSSR count). The van der Waals surface area contributed by atoms with Gasteiger partial charge in [-0.05, 0) is 49.6 Å². The number of halogens is 3. The van der Waals surface area contributed by atoms with E-state index in [1.54, 1.807) is 14.0 Å². The topological polar surface area (TPSA) is 130 Å². The second-order valence-electron chi connectivity index (χ2n) is 7.05. The highest BCUT2D eigenvalue weighted by molar-refractivity contribution is 6.00. The molecular weight excluding hydrogens is 471 g/mol. The van der Waals surface area contributed by atoms with Crippen molar-refractivity contribution in [3.05, 3.63) is 46.8 Å². The number of nitrogens with one attached hydrogen (secondary N) is 3. The number of methoxy groups -OCH3 is 1. The van der Waals surface area contributed by atoms with Crippen LogP contribution in [0.3, 0.4) is 0 Å². The molecule has 0 bridgehead atoms. The number of H-pyrrole nitrogens is 1. The Bertz CT molecular complexity index is 988. The number of rotatable bonds is 10. The minimum atomic E-state index is -5.08. The molecule has 4 N–H and O–H groups in total. The molecule has 0 aliphatic rings. The largest absolute Gasteiger partial charge is 0.497 e. The third-order valence-electron chi connectivity index (χ3n) is 4.58.